The average Bonchev–Trinajstić information content (AvgIpc) is 2.95. The van der Waals surface area contributed by atoms with E-state index in [9.17, 15) is 4.79 Å². The molecule has 3 rings (SSSR count). The molecule has 0 aliphatic heterocycles. The molecule has 7 heteroatoms. The second-order valence-electron chi connectivity index (χ2n) is 4.53. The molecular weight excluding hydrogens is 270 g/mol. The monoisotopic (exact) mass is 283 g/mol. The number of nitrogens with one attached hydrogen (secondary N) is 1. The predicted octanol–water partition coefficient (Wildman–Crippen LogP) is 1.36. The molecule has 0 saturated heterocycles. The van der Waals surface area contributed by atoms with Crippen molar-refractivity contribution in [3.8, 4) is 0 Å². The third-order valence-electron chi connectivity index (χ3n) is 3.12. The van der Waals surface area contributed by atoms with Gasteiger partial charge in [-0.15, -0.1) is 10.2 Å². The van der Waals surface area contributed by atoms with Crippen molar-refractivity contribution in [1.29, 1.82) is 0 Å². The second-order valence-corrected chi connectivity index (χ2v) is 4.53. The smallest absolute Gasteiger partial charge is 0.307 e. The van der Waals surface area contributed by atoms with Crippen LogP contribution in [0.3, 0.4) is 0 Å². The Hall–Kier alpha value is -2.96. The Bertz CT molecular complexity index is 784. The summed E-state index contributed by atoms with van der Waals surface area (Å²) in [5.41, 5.74) is 2.34. The van der Waals surface area contributed by atoms with Crippen molar-refractivity contribution in [2.45, 2.75) is 13.0 Å². The van der Waals surface area contributed by atoms with Crippen LogP contribution in [0.4, 0.5) is 5.82 Å². The number of aliphatic carboxylic acids is 1. The number of nitrogens with zero attached hydrogens (tertiary/aromatic N) is 4. The van der Waals surface area contributed by atoms with Crippen LogP contribution in [0, 0.1) is 0 Å². The fraction of sp³-hybridized carbons (Fsp3) is 0.143. The molecular formula is C14H13N5O2. The van der Waals surface area contributed by atoms with Gasteiger partial charge in [-0.25, -0.2) is 4.98 Å². The molecule has 0 aliphatic carbocycles. The van der Waals surface area contributed by atoms with Crippen molar-refractivity contribution in [3.63, 3.8) is 0 Å². The van der Waals surface area contributed by atoms with Crippen molar-refractivity contribution in [2.75, 3.05) is 5.32 Å². The van der Waals surface area contributed by atoms with Crippen LogP contribution in [0.5, 0.6) is 0 Å². The Morgan fingerprint density at radius 2 is 2.10 bits per heavy atom. The minimum atomic E-state index is -0.847. The molecule has 7 nitrogen and oxygen atoms in total. The summed E-state index contributed by atoms with van der Waals surface area (Å²) in [7, 11) is 0. The van der Waals surface area contributed by atoms with E-state index in [4.69, 9.17) is 5.11 Å². The number of carboxylic acids is 1. The molecule has 0 amide bonds. The van der Waals surface area contributed by atoms with Crippen LogP contribution < -0.4 is 5.32 Å². The highest BCUT2D eigenvalue weighted by molar-refractivity contribution is 5.71. The molecule has 0 radical (unpaired) electrons. The molecule has 1 aromatic carbocycles. The summed E-state index contributed by atoms with van der Waals surface area (Å²) < 4.78 is 1.76. The molecule has 0 spiro atoms. The number of fused-ring (bicyclic) bond motifs is 1. The van der Waals surface area contributed by atoms with Crippen LogP contribution in [-0.4, -0.2) is 30.7 Å². The first kappa shape index (κ1) is 13.0. The quantitative estimate of drug-likeness (QED) is 0.734. The SMILES string of the molecule is O=C(O)Cc1ccccc1CNc1nccn2cnnc12. The lowest BCUT2D eigenvalue weighted by atomic mass is 10.0. The third-order valence-corrected chi connectivity index (χ3v) is 3.12. The Morgan fingerprint density at radius 1 is 1.29 bits per heavy atom. The zero-order chi connectivity index (χ0) is 14.7. The van der Waals surface area contributed by atoms with Gasteiger partial charge in [-0.2, -0.15) is 0 Å². The van der Waals surface area contributed by atoms with Crippen LogP contribution >= 0.6 is 0 Å². The van der Waals surface area contributed by atoms with Gasteiger partial charge in [0.15, 0.2) is 5.82 Å². The number of hydrogen-bond acceptors (Lipinski definition) is 5. The first-order chi connectivity index (χ1) is 10.2. The lowest BCUT2D eigenvalue weighted by Gasteiger charge is -2.10. The molecule has 21 heavy (non-hydrogen) atoms. The van der Waals surface area contributed by atoms with Gasteiger partial charge in [0.25, 0.3) is 0 Å². The summed E-state index contributed by atoms with van der Waals surface area (Å²) in [4.78, 5) is 15.1. The number of carboxylic acid groups (broad SMARTS) is 1. The fourth-order valence-corrected chi connectivity index (χ4v) is 2.13. The molecule has 0 atom stereocenters. The Morgan fingerprint density at radius 3 is 2.90 bits per heavy atom. The molecule has 0 unspecified atom stereocenters. The van der Waals surface area contributed by atoms with Crippen LogP contribution in [0.2, 0.25) is 0 Å². The third kappa shape index (κ3) is 2.81. The van der Waals surface area contributed by atoms with E-state index in [1.807, 2.05) is 24.3 Å². The van der Waals surface area contributed by atoms with E-state index < -0.39 is 5.97 Å². The Kier molecular flexibility index (Phi) is 3.46. The standard InChI is InChI=1S/C14H13N5O2/c20-12(21)7-10-3-1-2-4-11(10)8-16-13-14-18-17-9-19(14)6-5-15-13/h1-6,9H,7-8H2,(H,15,16)(H,20,21). The molecule has 0 bridgehead atoms. The lowest BCUT2D eigenvalue weighted by Crippen LogP contribution is -2.08. The number of anilines is 1. The topological polar surface area (TPSA) is 92.4 Å². The highest BCUT2D eigenvalue weighted by Crippen LogP contribution is 2.14. The van der Waals surface area contributed by atoms with Crippen LogP contribution in [0.15, 0.2) is 43.0 Å². The molecule has 3 aromatic rings. The van der Waals surface area contributed by atoms with Crippen molar-refractivity contribution in [3.05, 3.63) is 54.1 Å². The van der Waals surface area contributed by atoms with Gasteiger partial charge in [0.2, 0.25) is 5.65 Å². The minimum Gasteiger partial charge on any atom is -0.481 e. The molecule has 106 valence electrons. The Labute approximate surface area is 120 Å². The summed E-state index contributed by atoms with van der Waals surface area (Å²) in [5.74, 6) is -0.236. The molecule has 0 saturated carbocycles. The number of benzene rings is 1. The van der Waals surface area contributed by atoms with Crippen molar-refractivity contribution < 1.29 is 9.90 Å². The van der Waals surface area contributed by atoms with E-state index in [0.717, 1.165) is 11.1 Å². The van der Waals surface area contributed by atoms with Gasteiger partial charge >= 0.3 is 5.97 Å². The van der Waals surface area contributed by atoms with E-state index in [0.29, 0.717) is 18.0 Å². The predicted molar refractivity (Wildman–Crippen MR) is 75.9 cm³/mol. The molecule has 2 N–H and O–H groups in total. The summed E-state index contributed by atoms with van der Waals surface area (Å²) in [5, 5.41) is 19.9. The number of hydrogen-bond donors (Lipinski definition) is 2. The van der Waals surface area contributed by atoms with Gasteiger partial charge in [0.1, 0.15) is 6.33 Å². The molecule has 2 aromatic heterocycles. The zero-order valence-electron chi connectivity index (χ0n) is 11.1. The minimum absolute atomic E-state index is 0.000412. The van der Waals surface area contributed by atoms with Gasteiger partial charge in [-0.1, -0.05) is 24.3 Å². The van der Waals surface area contributed by atoms with Gasteiger partial charge < -0.3 is 10.4 Å². The van der Waals surface area contributed by atoms with Crippen LogP contribution in [0.25, 0.3) is 5.65 Å². The number of aromatic nitrogens is 4. The summed E-state index contributed by atoms with van der Waals surface area (Å²) in [6.07, 6.45) is 5.02. The second kappa shape index (κ2) is 5.58. The first-order valence-corrected chi connectivity index (χ1v) is 6.41. The molecule has 0 aliphatic rings. The van der Waals surface area contributed by atoms with E-state index >= 15 is 0 Å². The highest BCUT2D eigenvalue weighted by atomic mass is 16.4. The van der Waals surface area contributed by atoms with E-state index in [-0.39, 0.29) is 6.42 Å². The number of rotatable bonds is 5. The average molecular weight is 283 g/mol. The summed E-state index contributed by atoms with van der Waals surface area (Å²) in [6.45, 7) is 0.475. The van der Waals surface area contributed by atoms with Gasteiger partial charge in [0.05, 0.1) is 6.42 Å². The lowest BCUT2D eigenvalue weighted by molar-refractivity contribution is -0.136. The summed E-state index contributed by atoms with van der Waals surface area (Å²) in [6, 6.07) is 7.43. The Balaban J connectivity index is 1.82. The van der Waals surface area contributed by atoms with E-state index in [1.54, 1.807) is 23.1 Å². The van der Waals surface area contributed by atoms with Gasteiger partial charge in [-0.3, -0.25) is 9.20 Å². The van der Waals surface area contributed by atoms with Crippen molar-refractivity contribution >= 4 is 17.4 Å². The van der Waals surface area contributed by atoms with E-state index in [1.165, 1.54) is 0 Å². The van der Waals surface area contributed by atoms with Crippen LogP contribution in [0.1, 0.15) is 11.1 Å². The zero-order valence-corrected chi connectivity index (χ0v) is 11.1. The van der Waals surface area contributed by atoms with Gasteiger partial charge in [0, 0.05) is 18.9 Å². The molecule has 0 fully saturated rings. The van der Waals surface area contributed by atoms with Crippen molar-refractivity contribution in [2.24, 2.45) is 0 Å². The van der Waals surface area contributed by atoms with Gasteiger partial charge in [-0.05, 0) is 11.1 Å². The number of carbonyl (C=O) groups is 1. The largest absolute Gasteiger partial charge is 0.481 e. The molecule has 2 heterocycles. The summed E-state index contributed by atoms with van der Waals surface area (Å²) >= 11 is 0. The van der Waals surface area contributed by atoms with Crippen molar-refractivity contribution in [1.82, 2.24) is 19.6 Å². The highest BCUT2D eigenvalue weighted by Gasteiger charge is 2.08. The van der Waals surface area contributed by atoms with E-state index in [2.05, 4.69) is 20.5 Å². The fourth-order valence-electron chi connectivity index (χ4n) is 2.13. The maximum atomic E-state index is 10.9. The first-order valence-electron chi connectivity index (χ1n) is 6.41. The van der Waals surface area contributed by atoms with Crippen LogP contribution in [-0.2, 0) is 17.8 Å². The maximum absolute atomic E-state index is 10.9. The maximum Gasteiger partial charge on any atom is 0.307 e. The normalized spacial score (nSPS) is 10.7.